The fourth-order valence-electron chi connectivity index (χ4n) is 1.51. The summed E-state index contributed by atoms with van der Waals surface area (Å²) in [5.74, 6) is -1.81. The van der Waals surface area contributed by atoms with Crippen molar-refractivity contribution in [3.63, 3.8) is 0 Å². The van der Waals surface area contributed by atoms with Crippen LogP contribution in [0.1, 0.15) is 18.5 Å². The average Bonchev–Trinajstić information content (AvgIpc) is 2.35. The van der Waals surface area contributed by atoms with E-state index < -0.39 is 30.0 Å². The zero-order chi connectivity index (χ0) is 14.4. The molecule has 1 rings (SSSR count). The molecule has 0 saturated heterocycles. The van der Waals surface area contributed by atoms with E-state index in [-0.39, 0.29) is 0 Å². The summed E-state index contributed by atoms with van der Waals surface area (Å²) >= 11 is 0. The van der Waals surface area contributed by atoms with Gasteiger partial charge in [0.1, 0.15) is 6.04 Å². The number of primary amides is 1. The van der Waals surface area contributed by atoms with Gasteiger partial charge in [-0.1, -0.05) is 30.3 Å². The highest BCUT2D eigenvalue weighted by molar-refractivity contribution is 5.96. The molecule has 1 aromatic rings. The Kier molecular flexibility index (Phi) is 5.01. The third kappa shape index (κ3) is 4.40. The first-order valence-electron chi connectivity index (χ1n) is 5.56. The van der Waals surface area contributed by atoms with Crippen LogP contribution in [-0.2, 0) is 9.59 Å². The molecule has 1 aromatic carbocycles. The number of carbonyl (C=O) groups is 3. The number of benzene rings is 1. The minimum absolute atomic E-state index is 0.508. The Morgan fingerprint density at radius 1 is 1.21 bits per heavy atom. The van der Waals surface area contributed by atoms with Crippen molar-refractivity contribution >= 4 is 17.9 Å². The lowest BCUT2D eigenvalue weighted by Gasteiger charge is -2.19. The van der Waals surface area contributed by atoms with Crippen molar-refractivity contribution in [3.8, 4) is 0 Å². The van der Waals surface area contributed by atoms with Gasteiger partial charge in [-0.25, -0.2) is 4.79 Å². The highest BCUT2D eigenvalue weighted by Crippen LogP contribution is 2.13. The first-order chi connectivity index (χ1) is 8.91. The van der Waals surface area contributed by atoms with E-state index in [1.165, 1.54) is 6.92 Å². The normalized spacial score (nSPS) is 13.3. The second-order valence-corrected chi connectivity index (χ2v) is 3.92. The van der Waals surface area contributed by atoms with E-state index in [9.17, 15) is 14.4 Å². The Morgan fingerprint density at radius 3 is 2.26 bits per heavy atom. The SMILES string of the molecule is CC(NC(C(=O)O)c1ccccc1)C(=O)NC(N)=O. The van der Waals surface area contributed by atoms with Crippen LogP contribution in [0.2, 0.25) is 0 Å². The standard InChI is InChI=1S/C12H15N3O4/c1-7(10(16)15-12(13)19)14-9(11(17)18)8-5-3-2-4-6-8/h2-7,9,14H,1H3,(H,17,18)(H3,13,15,16,19). The van der Waals surface area contributed by atoms with E-state index in [0.29, 0.717) is 5.56 Å². The molecule has 5 N–H and O–H groups in total. The second kappa shape index (κ2) is 6.50. The average molecular weight is 265 g/mol. The molecule has 102 valence electrons. The van der Waals surface area contributed by atoms with Gasteiger partial charge in [0, 0.05) is 0 Å². The zero-order valence-electron chi connectivity index (χ0n) is 10.3. The summed E-state index contributed by atoms with van der Waals surface area (Å²) in [7, 11) is 0. The highest BCUT2D eigenvalue weighted by Gasteiger charge is 2.24. The van der Waals surface area contributed by atoms with E-state index in [4.69, 9.17) is 10.8 Å². The van der Waals surface area contributed by atoms with Gasteiger partial charge in [-0.2, -0.15) is 0 Å². The van der Waals surface area contributed by atoms with Crippen LogP contribution in [0.25, 0.3) is 0 Å². The van der Waals surface area contributed by atoms with Crippen LogP contribution in [0.4, 0.5) is 4.79 Å². The number of amides is 3. The summed E-state index contributed by atoms with van der Waals surface area (Å²) in [6.45, 7) is 1.44. The Labute approximate surface area is 109 Å². The number of rotatable bonds is 5. The van der Waals surface area contributed by atoms with Crippen molar-refractivity contribution in [1.82, 2.24) is 10.6 Å². The van der Waals surface area contributed by atoms with E-state index in [1.54, 1.807) is 30.3 Å². The molecule has 0 aliphatic heterocycles. The molecule has 0 radical (unpaired) electrons. The molecule has 19 heavy (non-hydrogen) atoms. The number of aliphatic carboxylic acids is 1. The predicted octanol–water partition coefficient (Wildman–Crippen LogP) is -0.0147. The van der Waals surface area contributed by atoms with Crippen LogP contribution in [0.3, 0.4) is 0 Å². The highest BCUT2D eigenvalue weighted by atomic mass is 16.4. The molecule has 0 aromatic heterocycles. The van der Waals surface area contributed by atoms with Crippen molar-refractivity contribution < 1.29 is 19.5 Å². The van der Waals surface area contributed by atoms with Crippen LogP contribution in [-0.4, -0.2) is 29.1 Å². The van der Waals surface area contributed by atoms with Gasteiger partial charge >= 0.3 is 12.0 Å². The molecule has 0 fully saturated rings. The van der Waals surface area contributed by atoms with Crippen molar-refractivity contribution in [1.29, 1.82) is 0 Å². The molecule has 2 unspecified atom stereocenters. The lowest BCUT2D eigenvalue weighted by Crippen LogP contribution is -2.48. The fourth-order valence-corrected chi connectivity index (χ4v) is 1.51. The zero-order valence-corrected chi connectivity index (χ0v) is 10.3. The Balaban J connectivity index is 2.78. The number of imide groups is 1. The molecule has 2 atom stereocenters. The van der Waals surface area contributed by atoms with Crippen molar-refractivity contribution in [2.45, 2.75) is 19.0 Å². The first-order valence-corrected chi connectivity index (χ1v) is 5.56. The summed E-state index contributed by atoms with van der Waals surface area (Å²) in [4.78, 5) is 33.2. The fraction of sp³-hybridized carbons (Fsp3) is 0.250. The molecule has 0 aliphatic rings. The van der Waals surface area contributed by atoms with E-state index in [1.807, 2.05) is 5.32 Å². The molecular formula is C12H15N3O4. The topological polar surface area (TPSA) is 122 Å². The van der Waals surface area contributed by atoms with Gasteiger partial charge < -0.3 is 10.8 Å². The van der Waals surface area contributed by atoms with Crippen LogP contribution in [0.5, 0.6) is 0 Å². The largest absolute Gasteiger partial charge is 0.480 e. The number of urea groups is 1. The van der Waals surface area contributed by atoms with Crippen LogP contribution >= 0.6 is 0 Å². The maximum atomic E-state index is 11.5. The first kappa shape index (κ1) is 14.7. The maximum Gasteiger partial charge on any atom is 0.325 e. The molecule has 3 amide bonds. The molecule has 0 spiro atoms. The van der Waals surface area contributed by atoms with Gasteiger partial charge in [-0.05, 0) is 12.5 Å². The molecule has 0 bridgehead atoms. The van der Waals surface area contributed by atoms with E-state index in [0.717, 1.165) is 0 Å². The number of nitrogens with two attached hydrogens (primary N) is 1. The minimum Gasteiger partial charge on any atom is -0.480 e. The number of hydrogen-bond donors (Lipinski definition) is 4. The molecule has 0 saturated carbocycles. The molecular weight excluding hydrogens is 250 g/mol. The second-order valence-electron chi connectivity index (χ2n) is 3.92. The van der Waals surface area contributed by atoms with Gasteiger partial charge in [-0.3, -0.25) is 20.2 Å². The van der Waals surface area contributed by atoms with Crippen LogP contribution < -0.4 is 16.4 Å². The summed E-state index contributed by atoms with van der Waals surface area (Å²) in [6.07, 6.45) is 0. The number of carboxylic acid groups (broad SMARTS) is 1. The smallest absolute Gasteiger partial charge is 0.325 e. The third-order valence-corrected chi connectivity index (χ3v) is 2.44. The predicted molar refractivity (Wildman–Crippen MR) is 67.1 cm³/mol. The number of carbonyl (C=O) groups excluding carboxylic acids is 2. The Bertz CT molecular complexity index is 475. The monoisotopic (exact) mass is 265 g/mol. The van der Waals surface area contributed by atoms with Crippen molar-refractivity contribution in [3.05, 3.63) is 35.9 Å². The molecule has 7 nitrogen and oxygen atoms in total. The van der Waals surface area contributed by atoms with Gasteiger partial charge in [-0.15, -0.1) is 0 Å². The van der Waals surface area contributed by atoms with E-state index >= 15 is 0 Å². The molecule has 0 aliphatic carbocycles. The Hall–Kier alpha value is -2.41. The van der Waals surface area contributed by atoms with Crippen LogP contribution in [0, 0.1) is 0 Å². The van der Waals surface area contributed by atoms with Crippen LogP contribution in [0.15, 0.2) is 30.3 Å². The molecule has 0 heterocycles. The quantitative estimate of drug-likeness (QED) is 0.596. The molecule has 7 heteroatoms. The lowest BCUT2D eigenvalue weighted by molar-refractivity contribution is -0.140. The number of nitrogens with one attached hydrogen (secondary N) is 2. The maximum absolute atomic E-state index is 11.5. The minimum atomic E-state index is -1.12. The number of carboxylic acids is 1. The summed E-state index contributed by atoms with van der Waals surface area (Å²) in [6, 6.07) is 5.50. The van der Waals surface area contributed by atoms with Gasteiger partial charge in [0.15, 0.2) is 0 Å². The lowest BCUT2D eigenvalue weighted by atomic mass is 10.1. The summed E-state index contributed by atoms with van der Waals surface area (Å²) in [5, 5.41) is 13.7. The summed E-state index contributed by atoms with van der Waals surface area (Å²) < 4.78 is 0. The Morgan fingerprint density at radius 2 is 1.79 bits per heavy atom. The van der Waals surface area contributed by atoms with E-state index in [2.05, 4.69) is 5.32 Å². The van der Waals surface area contributed by atoms with Gasteiger partial charge in [0.05, 0.1) is 6.04 Å². The van der Waals surface area contributed by atoms with Gasteiger partial charge in [0.25, 0.3) is 0 Å². The third-order valence-electron chi connectivity index (χ3n) is 2.44. The van der Waals surface area contributed by atoms with Gasteiger partial charge in [0.2, 0.25) is 5.91 Å². The number of hydrogen-bond acceptors (Lipinski definition) is 4. The summed E-state index contributed by atoms with van der Waals surface area (Å²) in [5.41, 5.74) is 5.33. The van der Waals surface area contributed by atoms with Crippen molar-refractivity contribution in [2.24, 2.45) is 5.73 Å². The van der Waals surface area contributed by atoms with Crippen molar-refractivity contribution in [2.75, 3.05) is 0 Å².